The molecule has 1 saturated heterocycles. The molecule has 1 aromatic carbocycles. The van der Waals surface area contributed by atoms with E-state index in [-0.39, 0.29) is 48.8 Å². The zero-order valence-electron chi connectivity index (χ0n) is 21.6. The number of amides is 1. The van der Waals surface area contributed by atoms with E-state index in [0.717, 1.165) is 35.2 Å². The number of aromatic nitrogens is 6. The summed E-state index contributed by atoms with van der Waals surface area (Å²) >= 11 is 5.75. The van der Waals surface area contributed by atoms with Crippen LogP contribution < -0.4 is 5.56 Å². The van der Waals surface area contributed by atoms with Gasteiger partial charge in [0, 0.05) is 24.8 Å². The summed E-state index contributed by atoms with van der Waals surface area (Å²) in [5.41, 5.74) is 2.83. The highest BCUT2D eigenvalue weighted by molar-refractivity contribution is 6.29. The molecule has 210 valence electrons. The molecule has 1 atom stereocenters. The van der Waals surface area contributed by atoms with Gasteiger partial charge in [0.1, 0.15) is 12.4 Å². The van der Waals surface area contributed by atoms with Crippen molar-refractivity contribution in [2.75, 3.05) is 13.1 Å². The Balaban J connectivity index is 1.13. The third-order valence-electron chi connectivity index (χ3n) is 7.99. The lowest BCUT2D eigenvalue weighted by molar-refractivity contribution is -0.138. The van der Waals surface area contributed by atoms with Crippen LogP contribution in [0.15, 0.2) is 47.8 Å². The SMILES string of the molecule is O=C(CC(C(F)F)n1ccc(Cl)n1)N1CCC(O)(Cn2cnn3c(-c4ccc5c(c4)CCC5)cnc3c2=O)CC1. The first-order chi connectivity index (χ1) is 19.2. The van der Waals surface area contributed by atoms with Crippen molar-refractivity contribution >= 4 is 23.2 Å². The molecule has 2 aliphatic rings. The van der Waals surface area contributed by atoms with Crippen molar-refractivity contribution in [3.63, 3.8) is 0 Å². The van der Waals surface area contributed by atoms with Gasteiger partial charge in [-0.1, -0.05) is 23.7 Å². The van der Waals surface area contributed by atoms with Gasteiger partial charge in [0.2, 0.25) is 11.6 Å². The summed E-state index contributed by atoms with van der Waals surface area (Å²) < 4.78 is 31.1. The normalized spacial score (nSPS) is 17.5. The second-order valence-corrected chi connectivity index (χ2v) is 11.0. The van der Waals surface area contributed by atoms with E-state index >= 15 is 0 Å². The average Bonchev–Trinajstić information content (AvgIpc) is 3.68. The summed E-state index contributed by atoms with van der Waals surface area (Å²) in [4.78, 5) is 31.8. The van der Waals surface area contributed by atoms with Crippen LogP contribution in [0, 0.1) is 0 Å². The second-order valence-electron chi connectivity index (χ2n) is 10.6. The van der Waals surface area contributed by atoms with Crippen molar-refractivity contribution in [3.05, 3.63) is 69.6 Å². The van der Waals surface area contributed by atoms with Crippen LogP contribution in [0.1, 0.15) is 42.9 Å². The van der Waals surface area contributed by atoms with Crippen molar-refractivity contribution in [2.24, 2.45) is 0 Å². The molecular weight excluding hydrogens is 544 g/mol. The molecule has 0 bridgehead atoms. The van der Waals surface area contributed by atoms with E-state index in [1.807, 2.05) is 6.07 Å². The van der Waals surface area contributed by atoms with E-state index < -0.39 is 30.4 Å². The number of aliphatic hydroxyl groups is 1. The fraction of sp³-hybridized carbons (Fsp3) is 0.444. The van der Waals surface area contributed by atoms with Gasteiger partial charge in [0.05, 0.1) is 30.5 Å². The van der Waals surface area contributed by atoms with E-state index in [9.17, 15) is 23.5 Å². The number of hydrogen-bond donors (Lipinski definition) is 1. The van der Waals surface area contributed by atoms with Crippen LogP contribution in [0.25, 0.3) is 16.9 Å². The van der Waals surface area contributed by atoms with Crippen LogP contribution in [0.2, 0.25) is 5.15 Å². The molecular formula is C27H28ClF2N7O3. The van der Waals surface area contributed by atoms with Crippen LogP contribution in [0.4, 0.5) is 8.78 Å². The predicted octanol–water partition coefficient (Wildman–Crippen LogP) is 3.15. The van der Waals surface area contributed by atoms with Crippen molar-refractivity contribution in [1.82, 2.24) is 33.8 Å². The van der Waals surface area contributed by atoms with Gasteiger partial charge in [-0.05, 0) is 55.4 Å². The number of fused-ring (bicyclic) bond motifs is 2. The Morgan fingerprint density at radius 3 is 2.65 bits per heavy atom. The first-order valence-corrected chi connectivity index (χ1v) is 13.6. The fourth-order valence-electron chi connectivity index (χ4n) is 5.70. The number of piperidine rings is 1. The van der Waals surface area contributed by atoms with Gasteiger partial charge in [-0.3, -0.25) is 18.8 Å². The molecule has 1 aliphatic heterocycles. The zero-order chi connectivity index (χ0) is 28.0. The standard InChI is InChI=1S/C27H28ClF2N7O3/c28-22-6-9-36(33-22)20(24(29)30)13-23(38)34-10-7-27(40,8-11-34)15-35-16-32-37-21(14-31-25(37)26(35)39)19-5-4-17-2-1-3-18(17)12-19/h4-6,9,12,14,16,20,24,40H,1-3,7-8,10-11,13,15H2. The maximum absolute atomic E-state index is 13.6. The monoisotopic (exact) mass is 571 g/mol. The lowest BCUT2D eigenvalue weighted by Crippen LogP contribution is -2.50. The molecule has 0 spiro atoms. The minimum Gasteiger partial charge on any atom is -0.388 e. The number of carbonyl (C=O) groups is 1. The average molecular weight is 572 g/mol. The third kappa shape index (κ3) is 5.01. The van der Waals surface area contributed by atoms with E-state index in [1.165, 1.54) is 43.7 Å². The number of halogens is 3. The van der Waals surface area contributed by atoms with Crippen LogP contribution >= 0.6 is 11.6 Å². The number of likely N-dealkylation sites (tertiary alicyclic amines) is 1. The van der Waals surface area contributed by atoms with Crippen LogP contribution in [-0.2, 0) is 24.2 Å². The van der Waals surface area contributed by atoms with E-state index in [4.69, 9.17) is 11.6 Å². The highest BCUT2D eigenvalue weighted by Gasteiger charge is 2.36. The Kier molecular flexibility index (Phi) is 6.91. The van der Waals surface area contributed by atoms with Crippen LogP contribution in [0.3, 0.4) is 0 Å². The van der Waals surface area contributed by atoms with Gasteiger partial charge in [0.15, 0.2) is 5.15 Å². The molecule has 4 aromatic rings. The summed E-state index contributed by atoms with van der Waals surface area (Å²) in [6.07, 6.45) is 4.71. The van der Waals surface area contributed by atoms with Crippen molar-refractivity contribution < 1.29 is 18.7 Å². The molecule has 1 N–H and O–H groups in total. The second kappa shape index (κ2) is 10.4. The number of carbonyl (C=O) groups excluding carboxylic acids is 1. The number of imidazole rings is 1. The Hall–Kier alpha value is -3.64. The highest BCUT2D eigenvalue weighted by atomic mass is 35.5. The first kappa shape index (κ1) is 26.6. The number of rotatable bonds is 7. The lowest BCUT2D eigenvalue weighted by atomic mass is 9.91. The summed E-state index contributed by atoms with van der Waals surface area (Å²) in [5, 5.41) is 19.6. The topological polar surface area (TPSA) is 111 Å². The summed E-state index contributed by atoms with van der Waals surface area (Å²) in [6, 6.07) is 6.21. The highest BCUT2D eigenvalue weighted by Crippen LogP contribution is 2.29. The maximum atomic E-state index is 13.6. The molecule has 10 nitrogen and oxygen atoms in total. The van der Waals surface area contributed by atoms with Gasteiger partial charge in [0.25, 0.3) is 12.0 Å². The van der Waals surface area contributed by atoms with Gasteiger partial charge < -0.3 is 10.0 Å². The number of nitrogens with zero attached hydrogens (tertiary/aromatic N) is 7. The number of alkyl halides is 2. The summed E-state index contributed by atoms with van der Waals surface area (Å²) in [5.74, 6) is -0.462. The number of benzene rings is 1. The predicted molar refractivity (Wildman–Crippen MR) is 142 cm³/mol. The molecule has 0 saturated carbocycles. The maximum Gasteiger partial charge on any atom is 0.296 e. The minimum atomic E-state index is -2.80. The molecule has 0 radical (unpaired) electrons. The Morgan fingerprint density at radius 2 is 1.93 bits per heavy atom. The van der Waals surface area contributed by atoms with Gasteiger partial charge in [-0.15, -0.1) is 0 Å². The molecule has 1 fully saturated rings. The Labute approximate surface area is 232 Å². The fourth-order valence-corrected chi connectivity index (χ4v) is 5.84. The Bertz CT molecular complexity index is 1620. The quantitative estimate of drug-likeness (QED) is 0.365. The van der Waals surface area contributed by atoms with Gasteiger partial charge in [-0.25, -0.2) is 18.3 Å². The molecule has 13 heteroatoms. The van der Waals surface area contributed by atoms with Gasteiger partial charge in [-0.2, -0.15) is 10.2 Å². The van der Waals surface area contributed by atoms with Crippen LogP contribution in [-0.4, -0.2) is 70.0 Å². The molecule has 1 amide bonds. The van der Waals surface area contributed by atoms with Crippen molar-refractivity contribution in [2.45, 2.75) is 63.1 Å². The molecule has 4 heterocycles. The third-order valence-corrected chi connectivity index (χ3v) is 8.19. The number of aryl methyl sites for hydroxylation is 2. The largest absolute Gasteiger partial charge is 0.388 e. The minimum absolute atomic E-state index is 0.0240. The summed E-state index contributed by atoms with van der Waals surface area (Å²) in [7, 11) is 0. The van der Waals surface area contributed by atoms with E-state index in [2.05, 4.69) is 27.3 Å². The Morgan fingerprint density at radius 1 is 1.15 bits per heavy atom. The molecule has 1 unspecified atom stereocenters. The summed E-state index contributed by atoms with van der Waals surface area (Å²) in [6.45, 7) is 0.312. The van der Waals surface area contributed by atoms with Gasteiger partial charge >= 0.3 is 0 Å². The molecule has 3 aromatic heterocycles. The molecule has 40 heavy (non-hydrogen) atoms. The number of hydrogen-bond acceptors (Lipinski definition) is 6. The molecule has 1 aliphatic carbocycles. The van der Waals surface area contributed by atoms with Crippen molar-refractivity contribution in [3.8, 4) is 11.3 Å². The molecule has 6 rings (SSSR count). The zero-order valence-corrected chi connectivity index (χ0v) is 22.3. The first-order valence-electron chi connectivity index (χ1n) is 13.3. The smallest absolute Gasteiger partial charge is 0.296 e. The van der Waals surface area contributed by atoms with E-state index in [1.54, 1.807) is 6.20 Å². The van der Waals surface area contributed by atoms with Crippen molar-refractivity contribution in [1.29, 1.82) is 0 Å². The van der Waals surface area contributed by atoms with Crippen LogP contribution in [0.5, 0.6) is 0 Å². The lowest BCUT2D eigenvalue weighted by Gasteiger charge is -2.38. The van der Waals surface area contributed by atoms with E-state index in [0.29, 0.717) is 0 Å².